The van der Waals surface area contributed by atoms with Crippen molar-refractivity contribution in [1.29, 1.82) is 0 Å². The van der Waals surface area contributed by atoms with Crippen molar-refractivity contribution < 1.29 is 14.3 Å². The lowest BCUT2D eigenvalue weighted by Gasteiger charge is -2.30. The molecule has 2 aromatic rings. The van der Waals surface area contributed by atoms with Gasteiger partial charge in [-0.3, -0.25) is 9.59 Å². The number of hydrogen-bond donors (Lipinski definition) is 1. The fourth-order valence-electron chi connectivity index (χ4n) is 3.60. The van der Waals surface area contributed by atoms with Gasteiger partial charge in [0, 0.05) is 13.1 Å². The molecule has 0 bridgehead atoms. The van der Waals surface area contributed by atoms with Gasteiger partial charge >= 0.3 is 0 Å². The second kappa shape index (κ2) is 12.4. The van der Waals surface area contributed by atoms with E-state index >= 15 is 0 Å². The maximum absolute atomic E-state index is 13.2. The van der Waals surface area contributed by atoms with Gasteiger partial charge in [-0.15, -0.1) is 0 Å². The molecule has 0 aliphatic rings. The molecule has 0 saturated carbocycles. The van der Waals surface area contributed by atoms with Crippen LogP contribution in [0.5, 0.6) is 5.75 Å². The van der Waals surface area contributed by atoms with Crippen molar-refractivity contribution in [3.05, 3.63) is 65.7 Å². The van der Waals surface area contributed by atoms with E-state index in [0.29, 0.717) is 37.6 Å². The largest absolute Gasteiger partial charge is 0.484 e. The lowest BCUT2D eigenvalue weighted by Crippen LogP contribution is -2.51. The van der Waals surface area contributed by atoms with Crippen molar-refractivity contribution >= 4 is 11.8 Å². The van der Waals surface area contributed by atoms with Gasteiger partial charge in [-0.25, -0.2) is 0 Å². The third kappa shape index (κ3) is 8.56. The second-order valence-electron chi connectivity index (χ2n) is 9.95. The molecule has 0 aromatic heterocycles. The Labute approximate surface area is 199 Å². The van der Waals surface area contributed by atoms with Gasteiger partial charge in [0.15, 0.2) is 6.61 Å². The van der Waals surface area contributed by atoms with E-state index in [1.165, 1.54) is 5.56 Å². The zero-order valence-electron chi connectivity index (χ0n) is 21.1. The quantitative estimate of drug-likeness (QED) is 0.523. The summed E-state index contributed by atoms with van der Waals surface area (Å²) in [5.74, 6) is 0.704. The standard InChI is InChI=1S/C28H40N2O3/c1-7-25(27(32)29-19-21(2)3)30(18-17-22-11-9-8-10-12-22)26(31)20-33-24-15-13-23(14-16-24)28(4,5)6/h8-16,21,25H,7,17-20H2,1-6H3,(H,29,32). The molecule has 5 heteroatoms. The van der Waals surface area contributed by atoms with Crippen LogP contribution in [0.15, 0.2) is 54.6 Å². The first kappa shape index (κ1) is 26.4. The van der Waals surface area contributed by atoms with E-state index in [2.05, 4.69) is 39.9 Å². The molecular formula is C28H40N2O3. The van der Waals surface area contributed by atoms with E-state index in [1.54, 1.807) is 4.90 Å². The Morgan fingerprint density at radius 2 is 1.64 bits per heavy atom. The fraction of sp³-hybridized carbons (Fsp3) is 0.500. The third-order valence-corrected chi connectivity index (χ3v) is 5.64. The van der Waals surface area contributed by atoms with Crippen LogP contribution in [0.2, 0.25) is 0 Å². The Balaban J connectivity index is 2.11. The summed E-state index contributed by atoms with van der Waals surface area (Å²) in [4.78, 5) is 27.8. The minimum Gasteiger partial charge on any atom is -0.484 e. The number of hydrogen-bond acceptors (Lipinski definition) is 3. The molecular weight excluding hydrogens is 412 g/mol. The smallest absolute Gasteiger partial charge is 0.261 e. The Morgan fingerprint density at radius 3 is 2.18 bits per heavy atom. The number of carbonyl (C=O) groups is 2. The Morgan fingerprint density at radius 1 is 1.00 bits per heavy atom. The molecule has 0 heterocycles. The van der Waals surface area contributed by atoms with Gasteiger partial charge < -0.3 is 15.0 Å². The highest BCUT2D eigenvalue weighted by Gasteiger charge is 2.28. The first-order chi connectivity index (χ1) is 15.6. The summed E-state index contributed by atoms with van der Waals surface area (Å²) in [7, 11) is 0. The van der Waals surface area contributed by atoms with E-state index < -0.39 is 6.04 Å². The molecule has 0 fully saturated rings. The average molecular weight is 453 g/mol. The molecule has 0 radical (unpaired) electrons. The number of carbonyl (C=O) groups excluding carboxylic acids is 2. The maximum Gasteiger partial charge on any atom is 0.261 e. The van der Waals surface area contributed by atoms with Crippen LogP contribution in [0, 0.1) is 5.92 Å². The second-order valence-corrected chi connectivity index (χ2v) is 9.95. The van der Waals surface area contributed by atoms with Crippen LogP contribution >= 0.6 is 0 Å². The lowest BCUT2D eigenvalue weighted by atomic mass is 9.87. The van der Waals surface area contributed by atoms with Gasteiger partial charge in [-0.2, -0.15) is 0 Å². The summed E-state index contributed by atoms with van der Waals surface area (Å²) >= 11 is 0. The first-order valence-electron chi connectivity index (χ1n) is 12.0. The highest BCUT2D eigenvalue weighted by Crippen LogP contribution is 2.24. The first-order valence-corrected chi connectivity index (χ1v) is 12.0. The minimum absolute atomic E-state index is 0.0558. The molecule has 0 spiro atoms. The van der Waals surface area contributed by atoms with Gasteiger partial charge in [0.25, 0.3) is 5.91 Å². The van der Waals surface area contributed by atoms with Gasteiger partial charge in [0.2, 0.25) is 5.91 Å². The number of nitrogens with one attached hydrogen (secondary N) is 1. The van der Waals surface area contributed by atoms with Crippen LogP contribution < -0.4 is 10.1 Å². The molecule has 180 valence electrons. The molecule has 0 saturated heterocycles. The monoisotopic (exact) mass is 452 g/mol. The third-order valence-electron chi connectivity index (χ3n) is 5.64. The van der Waals surface area contributed by atoms with Crippen LogP contribution in [-0.2, 0) is 21.4 Å². The van der Waals surface area contributed by atoms with Gasteiger partial charge in [-0.1, -0.05) is 84.0 Å². The normalized spacial score (nSPS) is 12.3. The van der Waals surface area contributed by atoms with Crippen LogP contribution in [0.1, 0.15) is 59.1 Å². The highest BCUT2D eigenvalue weighted by atomic mass is 16.5. The molecule has 5 nitrogen and oxygen atoms in total. The predicted octanol–water partition coefficient (Wildman–Crippen LogP) is 4.99. The average Bonchev–Trinajstić information content (AvgIpc) is 2.79. The van der Waals surface area contributed by atoms with Gasteiger partial charge in [-0.05, 0) is 47.4 Å². The van der Waals surface area contributed by atoms with Crippen LogP contribution in [0.4, 0.5) is 0 Å². The summed E-state index contributed by atoms with van der Waals surface area (Å²) in [5, 5.41) is 2.99. The summed E-state index contributed by atoms with van der Waals surface area (Å²) < 4.78 is 5.82. The van der Waals surface area contributed by atoms with Crippen molar-refractivity contribution in [2.24, 2.45) is 5.92 Å². The van der Waals surface area contributed by atoms with E-state index in [9.17, 15) is 9.59 Å². The van der Waals surface area contributed by atoms with Gasteiger partial charge in [0.05, 0.1) is 0 Å². The number of rotatable bonds is 11. The molecule has 2 rings (SSSR count). The minimum atomic E-state index is -0.521. The molecule has 1 N–H and O–H groups in total. The molecule has 33 heavy (non-hydrogen) atoms. The zero-order valence-corrected chi connectivity index (χ0v) is 21.1. The summed E-state index contributed by atoms with van der Waals surface area (Å²) in [6.07, 6.45) is 1.23. The van der Waals surface area contributed by atoms with E-state index in [0.717, 1.165) is 5.56 Å². The number of nitrogens with zero attached hydrogens (tertiary/aromatic N) is 1. The van der Waals surface area contributed by atoms with Crippen molar-refractivity contribution in [3.8, 4) is 5.75 Å². The van der Waals surface area contributed by atoms with Crippen LogP contribution in [-0.4, -0.2) is 42.5 Å². The van der Waals surface area contributed by atoms with Crippen molar-refractivity contribution in [2.45, 2.75) is 65.8 Å². The summed E-state index contributed by atoms with van der Waals surface area (Å²) in [6, 6.07) is 17.3. The van der Waals surface area contributed by atoms with E-state index in [-0.39, 0.29) is 23.8 Å². The molecule has 1 atom stereocenters. The topological polar surface area (TPSA) is 58.6 Å². The number of ether oxygens (including phenoxy) is 1. The zero-order chi connectivity index (χ0) is 24.4. The molecule has 0 aliphatic heterocycles. The van der Waals surface area contributed by atoms with Crippen molar-refractivity contribution in [2.75, 3.05) is 19.7 Å². The molecule has 2 aromatic carbocycles. The predicted molar refractivity (Wildman–Crippen MR) is 134 cm³/mol. The summed E-state index contributed by atoms with van der Waals surface area (Å²) in [5.41, 5.74) is 2.39. The van der Waals surface area contributed by atoms with Crippen LogP contribution in [0.25, 0.3) is 0 Å². The molecule has 0 aliphatic carbocycles. The maximum atomic E-state index is 13.2. The SMILES string of the molecule is CCC(C(=O)NCC(C)C)N(CCc1ccccc1)C(=O)COc1ccc(C(C)(C)C)cc1. The van der Waals surface area contributed by atoms with Crippen molar-refractivity contribution in [1.82, 2.24) is 10.2 Å². The number of benzene rings is 2. The highest BCUT2D eigenvalue weighted by molar-refractivity contribution is 5.88. The number of amides is 2. The Bertz CT molecular complexity index is 870. The van der Waals surface area contributed by atoms with Crippen LogP contribution in [0.3, 0.4) is 0 Å². The fourth-order valence-corrected chi connectivity index (χ4v) is 3.60. The Kier molecular flexibility index (Phi) is 9.95. The van der Waals surface area contributed by atoms with E-state index in [1.807, 2.05) is 61.5 Å². The van der Waals surface area contributed by atoms with E-state index in [4.69, 9.17) is 4.74 Å². The lowest BCUT2D eigenvalue weighted by molar-refractivity contribution is -0.142. The molecule has 2 amide bonds. The van der Waals surface area contributed by atoms with Crippen molar-refractivity contribution in [3.63, 3.8) is 0 Å². The summed E-state index contributed by atoms with van der Waals surface area (Å²) in [6.45, 7) is 13.5. The molecule has 1 unspecified atom stereocenters. The Hall–Kier alpha value is -2.82. The van der Waals surface area contributed by atoms with Gasteiger partial charge in [0.1, 0.15) is 11.8 Å².